The number of benzene rings is 1. The van der Waals surface area contributed by atoms with E-state index in [1.807, 2.05) is 41.5 Å². The molecule has 10 nitrogen and oxygen atoms in total. The number of aryl methyl sites for hydroxylation is 1. The molecule has 0 aliphatic carbocycles. The first-order chi connectivity index (χ1) is 15.5. The van der Waals surface area contributed by atoms with Crippen molar-refractivity contribution < 1.29 is 9.59 Å². The molecule has 33 heavy (non-hydrogen) atoms. The Morgan fingerprint density at radius 1 is 1.15 bits per heavy atom. The molecule has 178 valence electrons. The van der Waals surface area contributed by atoms with E-state index in [1.165, 1.54) is 15.0 Å². The monoisotopic (exact) mass is 456 g/mol. The number of nitrogens with one attached hydrogen (secondary N) is 2. The number of amides is 2. The van der Waals surface area contributed by atoms with E-state index in [1.54, 1.807) is 12.1 Å². The van der Waals surface area contributed by atoms with Gasteiger partial charge in [-0.3, -0.25) is 19.0 Å². The van der Waals surface area contributed by atoms with E-state index >= 15 is 0 Å². The third-order valence-corrected chi connectivity index (χ3v) is 5.28. The van der Waals surface area contributed by atoms with Gasteiger partial charge in [-0.1, -0.05) is 13.8 Å². The number of fused-ring (bicyclic) bond motifs is 3. The molecule has 2 amide bonds. The zero-order valence-corrected chi connectivity index (χ0v) is 20.1. The highest BCUT2D eigenvalue weighted by atomic mass is 16.2. The minimum Gasteiger partial charge on any atom is -0.350 e. The summed E-state index contributed by atoms with van der Waals surface area (Å²) in [5.41, 5.74) is -0.698. The van der Waals surface area contributed by atoms with Gasteiger partial charge in [0.15, 0.2) is 0 Å². The van der Waals surface area contributed by atoms with E-state index in [0.29, 0.717) is 23.9 Å². The van der Waals surface area contributed by atoms with Gasteiger partial charge < -0.3 is 10.6 Å². The van der Waals surface area contributed by atoms with Crippen molar-refractivity contribution in [2.75, 3.05) is 0 Å². The topological polar surface area (TPSA) is 120 Å². The molecule has 1 aromatic carbocycles. The summed E-state index contributed by atoms with van der Waals surface area (Å²) in [5.74, 6) is -0.514. The van der Waals surface area contributed by atoms with Crippen LogP contribution in [0.25, 0.3) is 16.7 Å². The lowest BCUT2D eigenvalue weighted by atomic mass is 10.1. The third kappa shape index (κ3) is 4.99. The molecule has 2 heterocycles. The van der Waals surface area contributed by atoms with Gasteiger partial charge in [-0.2, -0.15) is 0 Å². The summed E-state index contributed by atoms with van der Waals surface area (Å²) in [5, 5.41) is 10.3. The standard InChI is InChI=1S/C23H32N6O4/c1-7-11-27-20(32)16-10-9-15(19(31)24-14(3)8-2)12-17(16)29-21(27)26-28(22(29)33)13-18(30)25-23(4,5)6/h9-10,12,14H,7-8,11,13H2,1-6H3,(H,24,31)(H,25,30). The maximum absolute atomic E-state index is 13.3. The first-order valence-corrected chi connectivity index (χ1v) is 11.2. The van der Waals surface area contributed by atoms with Crippen LogP contribution in [0.1, 0.15) is 64.7 Å². The Labute approximate surface area is 191 Å². The summed E-state index contributed by atoms with van der Waals surface area (Å²) in [4.78, 5) is 51.6. The van der Waals surface area contributed by atoms with Crippen molar-refractivity contribution in [3.63, 3.8) is 0 Å². The summed E-state index contributed by atoms with van der Waals surface area (Å²) >= 11 is 0. The first-order valence-electron chi connectivity index (χ1n) is 11.2. The molecule has 1 unspecified atom stereocenters. The number of nitrogens with zero attached hydrogens (tertiary/aromatic N) is 4. The van der Waals surface area contributed by atoms with E-state index in [-0.39, 0.29) is 41.3 Å². The van der Waals surface area contributed by atoms with Crippen LogP contribution in [-0.4, -0.2) is 42.1 Å². The van der Waals surface area contributed by atoms with Crippen LogP contribution in [-0.2, 0) is 17.9 Å². The van der Waals surface area contributed by atoms with Gasteiger partial charge in [0, 0.05) is 23.7 Å². The summed E-state index contributed by atoms with van der Waals surface area (Å²) in [6, 6.07) is 4.65. The highest BCUT2D eigenvalue weighted by molar-refractivity contribution is 5.98. The van der Waals surface area contributed by atoms with Crippen LogP contribution < -0.4 is 21.9 Å². The number of hydrogen-bond donors (Lipinski definition) is 2. The second kappa shape index (κ2) is 9.21. The van der Waals surface area contributed by atoms with E-state index in [2.05, 4.69) is 15.7 Å². The van der Waals surface area contributed by atoms with Crippen molar-refractivity contribution in [1.29, 1.82) is 0 Å². The number of carbonyl (C=O) groups excluding carboxylic acids is 2. The van der Waals surface area contributed by atoms with Crippen LogP contribution in [0.5, 0.6) is 0 Å². The molecular formula is C23H32N6O4. The minimum atomic E-state index is -0.552. The SMILES string of the molecule is CCCn1c(=O)c2ccc(C(=O)NC(C)CC)cc2n2c(=O)n(CC(=O)NC(C)(C)C)nc12. The van der Waals surface area contributed by atoms with Crippen LogP contribution in [0, 0.1) is 0 Å². The summed E-state index contributed by atoms with van der Waals surface area (Å²) in [7, 11) is 0. The van der Waals surface area contributed by atoms with Crippen molar-refractivity contribution >= 4 is 28.5 Å². The van der Waals surface area contributed by atoms with E-state index in [9.17, 15) is 19.2 Å². The molecule has 2 aromatic heterocycles. The largest absolute Gasteiger partial charge is 0.352 e. The molecule has 0 saturated heterocycles. The number of aromatic nitrogens is 4. The Morgan fingerprint density at radius 2 is 1.85 bits per heavy atom. The average molecular weight is 457 g/mol. The van der Waals surface area contributed by atoms with Crippen molar-refractivity contribution in [1.82, 2.24) is 29.4 Å². The molecule has 3 aromatic rings. The van der Waals surface area contributed by atoms with Crippen LogP contribution in [0.4, 0.5) is 0 Å². The van der Waals surface area contributed by atoms with Gasteiger partial charge in [0.05, 0.1) is 10.9 Å². The molecule has 0 fully saturated rings. The van der Waals surface area contributed by atoms with E-state index in [4.69, 9.17) is 0 Å². The van der Waals surface area contributed by atoms with Crippen molar-refractivity contribution in [2.24, 2.45) is 0 Å². The Bertz CT molecular complexity index is 1330. The summed E-state index contributed by atoms with van der Waals surface area (Å²) < 4.78 is 3.78. The van der Waals surface area contributed by atoms with Crippen LogP contribution in [0.2, 0.25) is 0 Å². The summed E-state index contributed by atoms with van der Waals surface area (Å²) in [6.45, 7) is 11.4. The lowest BCUT2D eigenvalue weighted by Crippen LogP contribution is -2.43. The number of rotatable bonds is 7. The van der Waals surface area contributed by atoms with Crippen molar-refractivity contribution in [3.8, 4) is 0 Å². The maximum atomic E-state index is 13.3. The Morgan fingerprint density at radius 3 is 2.45 bits per heavy atom. The van der Waals surface area contributed by atoms with Gasteiger partial charge in [0.2, 0.25) is 11.7 Å². The van der Waals surface area contributed by atoms with Gasteiger partial charge >= 0.3 is 5.69 Å². The van der Waals surface area contributed by atoms with Crippen LogP contribution in [0.15, 0.2) is 27.8 Å². The smallest absolute Gasteiger partial charge is 0.350 e. The molecule has 2 N–H and O–H groups in total. The van der Waals surface area contributed by atoms with E-state index in [0.717, 1.165) is 11.1 Å². The van der Waals surface area contributed by atoms with Gasteiger partial charge in [-0.15, -0.1) is 5.10 Å². The first kappa shape index (κ1) is 24.2. The van der Waals surface area contributed by atoms with Crippen LogP contribution in [0.3, 0.4) is 0 Å². The van der Waals surface area contributed by atoms with Crippen molar-refractivity contribution in [3.05, 3.63) is 44.6 Å². The van der Waals surface area contributed by atoms with Gasteiger partial charge in [-0.25, -0.2) is 13.9 Å². The molecule has 3 rings (SSSR count). The predicted molar refractivity (Wildman–Crippen MR) is 127 cm³/mol. The zero-order chi connectivity index (χ0) is 24.5. The second-order valence-electron chi connectivity index (χ2n) is 9.35. The fourth-order valence-corrected chi connectivity index (χ4v) is 3.59. The van der Waals surface area contributed by atoms with Gasteiger partial charge in [0.25, 0.3) is 11.5 Å². The molecule has 0 aliphatic rings. The van der Waals surface area contributed by atoms with Crippen LogP contribution >= 0.6 is 0 Å². The molecule has 10 heteroatoms. The minimum absolute atomic E-state index is 0.0161. The fraction of sp³-hybridized carbons (Fsp3) is 0.522. The van der Waals surface area contributed by atoms with Gasteiger partial charge in [-0.05, 0) is 58.7 Å². The predicted octanol–water partition coefficient (Wildman–Crippen LogP) is 1.66. The molecule has 1 atom stereocenters. The lowest BCUT2D eigenvalue weighted by molar-refractivity contribution is -0.123. The molecular weight excluding hydrogens is 424 g/mol. The highest BCUT2D eigenvalue weighted by Gasteiger charge is 2.21. The molecule has 0 bridgehead atoms. The van der Waals surface area contributed by atoms with E-state index < -0.39 is 11.2 Å². The molecule has 0 radical (unpaired) electrons. The van der Waals surface area contributed by atoms with Gasteiger partial charge in [0.1, 0.15) is 6.54 Å². The van der Waals surface area contributed by atoms with Crippen molar-refractivity contribution in [2.45, 2.75) is 79.1 Å². The number of carbonyl (C=O) groups is 2. The summed E-state index contributed by atoms with van der Waals surface area (Å²) in [6.07, 6.45) is 1.43. The fourth-order valence-electron chi connectivity index (χ4n) is 3.59. The molecule has 0 spiro atoms. The Balaban J connectivity index is 2.22. The zero-order valence-electron chi connectivity index (χ0n) is 20.1. The highest BCUT2D eigenvalue weighted by Crippen LogP contribution is 2.15. The maximum Gasteiger partial charge on any atom is 0.352 e. The second-order valence-corrected chi connectivity index (χ2v) is 9.35. The lowest BCUT2D eigenvalue weighted by Gasteiger charge is -2.20. The Kier molecular flexibility index (Phi) is 6.76. The number of hydrogen-bond acceptors (Lipinski definition) is 5. The normalized spacial score (nSPS) is 12.8. The third-order valence-electron chi connectivity index (χ3n) is 5.28. The average Bonchev–Trinajstić information content (AvgIpc) is 3.05. The Hall–Kier alpha value is -3.43. The molecule has 0 aliphatic heterocycles. The molecule has 0 saturated carbocycles. The quantitative estimate of drug-likeness (QED) is 0.560.